The molecule has 0 aliphatic rings. The minimum Gasteiger partial charge on any atom is -0.369 e. The van der Waals surface area contributed by atoms with E-state index in [4.69, 9.17) is 0 Å². The molecular weight excluding hydrogens is 237 g/mol. The standard InChI is InChI=1S/C7H12BrF3O/c1-6(7(9,10)11)12-5-3-2-4-8/h6H,2-5H2,1H3. The van der Waals surface area contributed by atoms with Crippen molar-refractivity contribution >= 4 is 15.9 Å². The lowest BCUT2D eigenvalue weighted by Gasteiger charge is -2.15. The van der Waals surface area contributed by atoms with Crippen LogP contribution in [0.1, 0.15) is 19.8 Å². The maximum absolute atomic E-state index is 11.8. The largest absolute Gasteiger partial charge is 0.414 e. The van der Waals surface area contributed by atoms with E-state index < -0.39 is 12.3 Å². The van der Waals surface area contributed by atoms with Gasteiger partial charge in [0.25, 0.3) is 0 Å². The van der Waals surface area contributed by atoms with E-state index in [0.717, 1.165) is 18.7 Å². The van der Waals surface area contributed by atoms with Gasteiger partial charge in [0, 0.05) is 11.9 Å². The van der Waals surface area contributed by atoms with E-state index >= 15 is 0 Å². The molecule has 0 bridgehead atoms. The average Bonchev–Trinajstić information content (AvgIpc) is 1.96. The summed E-state index contributed by atoms with van der Waals surface area (Å²) in [6.45, 7) is 1.19. The lowest BCUT2D eigenvalue weighted by atomic mass is 10.3. The fourth-order valence-electron chi connectivity index (χ4n) is 0.551. The lowest BCUT2D eigenvalue weighted by molar-refractivity contribution is -0.214. The van der Waals surface area contributed by atoms with Crippen LogP contribution < -0.4 is 0 Å². The molecule has 5 heteroatoms. The summed E-state index contributed by atoms with van der Waals surface area (Å²) < 4.78 is 40.0. The highest BCUT2D eigenvalue weighted by molar-refractivity contribution is 9.09. The molecule has 12 heavy (non-hydrogen) atoms. The van der Waals surface area contributed by atoms with Gasteiger partial charge in [-0.3, -0.25) is 0 Å². The fourth-order valence-corrected chi connectivity index (χ4v) is 0.948. The Labute approximate surface area is 78.4 Å². The molecule has 0 fully saturated rings. The quantitative estimate of drug-likeness (QED) is 0.537. The zero-order valence-electron chi connectivity index (χ0n) is 6.83. The van der Waals surface area contributed by atoms with E-state index in [1.165, 1.54) is 0 Å². The van der Waals surface area contributed by atoms with Crippen LogP contribution in [0.5, 0.6) is 0 Å². The first-order valence-electron chi connectivity index (χ1n) is 3.72. The van der Waals surface area contributed by atoms with Crippen molar-refractivity contribution < 1.29 is 17.9 Å². The van der Waals surface area contributed by atoms with Crippen LogP contribution in [0.15, 0.2) is 0 Å². The van der Waals surface area contributed by atoms with Gasteiger partial charge in [-0.2, -0.15) is 13.2 Å². The molecule has 1 atom stereocenters. The Morgan fingerprint density at radius 3 is 2.33 bits per heavy atom. The third kappa shape index (κ3) is 5.83. The number of ether oxygens (including phenoxy) is 1. The van der Waals surface area contributed by atoms with Crippen LogP contribution in [0.4, 0.5) is 13.2 Å². The number of unbranched alkanes of at least 4 members (excludes halogenated alkanes) is 1. The zero-order valence-corrected chi connectivity index (χ0v) is 8.41. The molecule has 0 aliphatic heterocycles. The van der Waals surface area contributed by atoms with Crippen molar-refractivity contribution in [1.82, 2.24) is 0 Å². The summed E-state index contributed by atoms with van der Waals surface area (Å²) in [6, 6.07) is 0. The summed E-state index contributed by atoms with van der Waals surface area (Å²) in [5.74, 6) is 0. The maximum Gasteiger partial charge on any atom is 0.414 e. The van der Waals surface area contributed by atoms with Gasteiger partial charge >= 0.3 is 6.18 Å². The van der Waals surface area contributed by atoms with Crippen LogP contribution in [-0.4, -0.2) is 24.2 Å². The first-order valence-corrected chi connectivity index (χ1v) is 4.85. The average molecular weight is 249 g/mol. The molecule has 0 rings (SSSR count). The SMILES string of the molecule is CC(OCCCCBr)C(F)(F)F. The van der Waals surface area contributed by atoms with Crippen molar-refractivity contribution in [3.05, 3.63) is 0 Å². The summed E-state index contributed by atoms with van der Waals surface area (Å²) in [7, 11) is 0. The molecule has 0 saturated carbocycles. The molecular formula is C7H12BrF3O. The molecule has 0 heterocycles. The van der Waals surface area contributed by atoms with Crippen molar-refractivity contribution in [3.8, 4) is 0 Å². The number of hydrogen-bond acceptors (Lipinski definition) is 1. The predicted octanol–water partition coefficient (Wildman–Crippen LogP) is 3.13. The van der Waals surface area contributed by atoms with Gasteiger partial charge in [0.2, 0.25) is 0 Å². The monoisotopic (exact) mass is 248 g/mol. The molecule has 1 unspecified atom stereocenters. The Bertz CT molecular complexity index is 116. The van der Waals surface area contributed by atoms with Crippen LogP contribution in [0.2, 0.25) is 0 Å². The number of halogens is 4. The Kier molecular flexibility index (Phi) is 5.92. The molecule has 0 saturated heterocycles. The molecule has 0 aliphatic carbocycles. The molecule has 0 aromatic rings. The Hall–Kier alpha value is 0.230. The van der Waals surface area contributed by atoms with Crippen molar-refractivity contribution in [2.24, 2.45) is 0 Å². The third-order valence-electron chi connectivity index (χ3n) is 1.36. The van der Waals surface area contributed by atoms with Crippen molar-refractivity contribution in [1.29, 1.82) is 0 Å². The van der Waals surface area contributed by atoms with Crippen molar-refractivity contribution in [3.63, 3.8) is 0 Å². The summed E-state index contributed by atoms with van der Waals surface area (Å²) in [5, 5.41) is 0.802. The van der Waals surface area contributed by atoms with Crippen LogP contribution >= 0.6 is 15.9 Å². The molecule has 0 amide bonds. The van der Waals surface area contributed by atoms with Gasteiger partial charge in [0.1, 0.15) is 0 Å². The topological polar surface area (TPSA) is 9.23 Å². The van der Waals surface area contributed by atoms with E-state index in [0.29, 0.717) is 6.42 Å². The van der Waals surface area contributed by atoms with E-state index in [-0.39, 0.29) is 6.61 Å². The summed E-state index contributed by atoms with van der Waals surface area (Å²) in [5.41, 5.74) is 0. The van der Waals surface area contributed by atoms with Gasteiger partial charge in [-0.15, -0.1) is 0 Å². The molecule has 0 aromatic heterocycles. The molecule has 0 radical (unpaired) electrons. The van der Waals surface area contributed by atoms with Crippen LogP contribution in [0, 0.1) is 0 Å². The molecule has 0 spiro atoms. The van der Waals surface area contributed by atoms with Gasteiger partial charge in [-0.25, -0.2) is 0 Å². The minimum atomic E-state index is -4.23. The summed E-state index contributed by atoms with van der Waals surface area (Å²) in [6.07, 6.45) is -4.38. The van der Waals surface area contributed by atoms with Gasteiger partial charge in [-0.1, -0.05) is 15.9 Å². The number of hydrogen-bond donors (Lipinski definition) is 0. The van der Waals surface area contributed by atoms with Gasteiger partial charge < -0.3 is 4.74 Å². The second kappa shape index (κ2) is 5.80. The molecule has 74 valence electrons. The summed E-state index contributed by atoms with van der Waals surface area (Å²) in [4.78, 5) is 0. The molecule has 0 N–H and O–H groups in total. The lowest BCUT2D eigenvalue weighted by Crippen LogP contribution is -2.28. The minimum absolute atomic E-state index is 0.173. The van der Waals surface area contributed by atoms with Crippen LogP contribution in [0.25, 0.3) is 0 Å². The van der Waals surface area contributed by atoms with Crippen molar-refractivity contribution in [2.45, 2.75) is 32.0 Å². The first-order chi connectivity index (χ1) is 5.48. The molecule has 0 aromatic carbocycles. The zero-order chi connectivity index (χ0) is 9.61. The van der Waals surface area contributed by atoms with Crippen LogP contribution in [-0.2, 0) is 4.74 Å². The van der Waals surface area contributed by atoms with E-state index in [1.807, 2.05) is 0 Å². The highest BCUT2D eigenvalue weighted by Crippen LogP contribution is 2.22. The normalized spacial score (nSPS) is 14.8. The fraction of sp³-hybridized carbons (Fsp3) is 1.00. The Morgan fingerprint density at radius 2 is 1.92 bits per heavy atom. The summed E-state index contributed by atoms with van der Waals surface area (Å²) >= 11 is 3.18. The van der Waals surface area contributed by atoms with E-state index in [1.54, 1.807) is 0 Å². The van der Waals surface area contributed by atoms with Crippen molar-refractivity contribution in [2.75, 3.05) is 11.9 Å². The smallest absolute Gasteiger partial charge is 0.369 e. The molecule has 1 nitrogen and oxygen atoms in total. The van der Waals surface area contributed by atoms with E-state index in [9.17, 15) is 13.2 Å². The van der Waals surface area contributed by atoms with Crippen LogP contribution in [0.3, 0.4) is 0 Å². The van der Waals surface area contributed by atoms with Gasteiger partial charge in [0.05, 0.1) is 0 Å². The number of rotatable bonds is 5. The van der Waals surface area contributed by atoms with Gasteiger partial charge in [-0.05, 0) is 19.8 Å². The highest BCUT2D eigenvalue weighted by Gasteiger charge is 2.36. The first kappa shape index (κ1) is 12.2. The number of alkyl halides is 4. The van der Waals surface area contributed by atoms with Gasteiger partial charge in [0.15, 0.2) is 6.10 Å². The second-order valence-electron chi connectivity index (χ2n) is 2.45. The third-order valence-corrected chi connectivity index (χ3v) is 1.92. The highest BCUT2D eigenvalue weighted by atomic mass is 79.9. The maximum atomic E-state index is 11.8. The second-order valence-corrected chi connectivity index (χ2v) is 3.24. The van der Waals surface area contributed by atoms with E-state index in [2.05, 4.69) is 20.7 Å². The Balaban J connectivity index is 3.38. The predicted molar refractivity (Wildman–Crippen MR) is 44.5 cm³/mol. The Morgan fingerprint density at radius 1 is 1.33 bits per heavy atom.